The van der Waals surface area contributed by atoms with E-state index in [9.17, 15) is 9.59 Å². The van der Waals surface area contributed by atoms with Crippen LogP contribution in [0.4, 0.5) is 0 Å². The van der Waals surface area contributed by atoms with Gasteiger partial charge in [0.15, 0.2) is 0 Å². The molecule has 0 atom stereocenters. The molecule has 0 radical (unpaired) electrons. The zero-order chi connectivity index (χ0) is 15.4. The first-order valence-electron chi connectivity index (χ1n) is 8.00. The predicted octanol–water partition coefficient (Wildman–Crippen LogP) is 3.06. The van der Waals surface area contributed by atoms with Gasteiger partial charge >= 0.3 is 0 Å². The van der Waals surface area contributed by atoms with Crippen molar-refractivity contribution in [1.82, 2.24) is 9.80 Å². The maximum Gasteiger partial charge on any atom is 0.222 e. The Bertz CT molecular complexity index is 270. The van der Waals surface area contributed by atoms with Gasteiger partial charge in [-0.05, 0) is 25.7 Å². The molecule has 0 aromatic carbocycles. The zero-order valence-corrected chi connectivity index (χ0v) is 13.8. The zero-order valence-electron chi connectivity index (χ0n) is 13.8. The molecule has 0 saturated carbocycles. The quantitative estimate of drug-likeness (QED) is 0.547. The van der Waals surface area contributed by atoms with Crippen LogP contribution in [0, 0.1) is 0 Å². The van der Waals surface area contributed by atoms with Crippen LogP contribution < -0.4 is 0 Å². The number of carbonyl (C=O) groups excluding carboxylic acids is 2. The predicted molar refractivity (Wildman–Crippen MR) is 83.6 cm³/mol. The molecular weight excluding hydrogens is 252 g/mol. The lowest BCUT2D eigenvalue weighted by atomic mass is 10.1. The summed E-state index contributed by atoms with van der Waals surface area (Å²) in [4.78, 5) is 27.2. The molecule has 0 aromatic heterocycles. The molecule has 0 rings (SSSR count). The minimum absolute atomic E-state index is 0.145. The molecule has 0 heterocycles. The van der Waals surface area contributed by atoms with Crippen molar-refractivity contribution in [3.63, 3.8) is 0 Å². The molecule has 0 aliphatic heterocycles. The summed E-state index contributed by atoms with van der Waals surface area (Å²) in [6, 6.07) is 0. The molecule has 0 aromatic rings. The number of rotatable bonds is 11. The average molecular weight is 284 g/mol. The molecule has 20 heavy (non-hydrogen) atoms. The first-order chi connectivity index (χ1) is 9.52. The lowest BCUT2D eigenvalue weighted by molar-refractivity contribution is -0.132. The summed E-state index contributed by atoms with van der Waals surface area (Å²) in [7, 11) is 3.54. The van der Waals surface area contributed by atoms with Gasteiger partial charge < -0.3 is 9.80 Å². The molecule has 0 N–H and O–H groups in total. The molecule has 0 saturated heterocycles. The third-order valence-electron chi connectivity index (χ3n) is 3.45. The molecule has 118 valence electrons. The first kappa shape index (κ1) is 18.9. The molecule has 0 unspecified atom stereocenters. The Hall–Kier alpha value is -1.06. The second-order valence-electron chi connectivity index (χ2n) is 5.58. The Morgan fingerprint density at radius 3 is 1.60 bits per heavy atom. The smallest absolute Gasteiger partial charge is 0.222 e. The van der Waals surface area contributed by atoms with Crippen molar-refractivity contribution in [2.24, 2.45) is 0 Å². The van der Waals surface area contributed by atoms with E-state index in [2.05, 4.69) is 13.8 Å². The van der Waals surface area contributed by atoms with Gasteiger partial charge in [-0.1, -0.05) is 26.7 Å². The van der Waals surface area contributed by atoms with E-state index in [-0.39, 0.29) is 11.8 Å². The molecule has 0 aliphatic carbocycles. The van der Waals surface area contributed by atoms with Crippen LogP contribution in [0.25, 0.3) is 0 Å². The lowest BCUT2D eigenvalue weighted by Crippen LogP contribution is -2.32. The maximum atomic E-state index is 12.2. The van der Waals surface area contributed by atoms with E-state index in [1.807, 2.05) is 4.90 Å². The highest BCUT2D eigenvalue weighted by Crippen LogP contribution is 2.07. The van der Waals surface area contributed by atoms with Crippen molar-refractivity contribution in [3.8, 4) is 0 Å². The molecule has 2 amide bonds. The molecule has 0 bridgehead atoms. The van der Waals surface area contributed by atoms with Crippen LogP contribution in [0.15, 0.2) is 0 Å². The van der Waals surface area contributed by atoms with Gasteiger partial charge in [0.1, 0.15) is 0 Å². The Kier molecular flexibility index (Phi) is 11.1. The van der Waals surface area contributed by atoms with Crippen molar-refractivity contribution in [2.75, 3.05) is 27.2 Å². The number of amides is 2. The van der Waals surface area contributed by atoms with Crippen LogP contribution in [-0.4, -0.2) is 48.8 Å². The van der Waals surface area contributed by atoms with E-state index in [4.69, 9.17) is 0 Å². The van der Waals surface area contributed by atoms with Crippen LogP contribution in [0.2, 0.25) is 0 Å². The minimum Gasteiger partial charge on any atom is -0.349 e. The highest BCUT2D eigenvalue weighted by atomic mass is 16.2. The fourth-order valence-electron chi connectivity index (χ4n) is 1.99. The first-order valence-corrected chi connectivity index (χ1v) is 8.00. The lowest BCUT2D eigenvalue weighted by Gasteiger charge is -2.22. The van der Waals surface area contributed by atoms with Crippen molar-refractivity contribution in [1.29, 1.82) is 0 Å². The highest BCUT2D eigenvalue weighted by molar-refractivity contribution is 5.77. The molecule has 0 fully saturated rings. The van der Waals surface area contributed by atoms with Gasteiger partial charge in [0.2, 0.25) is 11.8 Å². The van der Waals surface area contributed by atoms with Crippen molar-refractivity contribution < 1.29 is 9.59 Å². The maximum absolute atomic E-state index is 12.2. The summed E-state index contributed by atoms with van der Waals surface area (Å²) in [5, 5.41) is 0. The van der Waals surface area contributed by atoms with Gasteiger partial charge in [0.25, 0.3) is 0 Å². The van der Waals surface area contributed by atoms with Gasteiger partial charge in [-0.25, -0.2) is 0 Å². The molecule has 0 aliphatic rings. The third kappa shape index (κ3) is 8.94. The molecule has 0 spiro atoms. The number of nitrogens with zero attached hydrogens (tertiary/aromatic N) is 2. The minimum atomic E-state index is 0.145. The standard InChI is InChI=1S/C16H32N2O2/c1-5-7-13-18(14-8-6-2)16(20)12-10-9-11-15(19)17(3)4/h5-14H2,1-4H3. The average Bonchev–Trinajstić information content (AvgIpc) is 2.43. The van der Waals surface area contributed by atoms with Crippen LogP contribution in [0.3, 0.4) is 0 Å². The number of unbranched alkanes of at least 4 members (excludes halogenated alkanes) is 3. The number of hydrogen-bond donors (Lipinski definition) is 0. The largest absolute Gasteiger partial charge is 0.349 e. The van der Waals surface area contributed by atoms with E-state index in [1.165, 1.54) is 0 Å². The van der Waals surface area contributed by atoms with E-state index < -0.39 is 0 Å². The fraction of sp³-hybridized carbons (Fsp3) is 0.875. The van der Waals surface area contributed by atoms with Crippen molar-refractivity contribution in [3.05, 3.63) is 0 Å². The summed E-state index contributed by atoms with van der Waals surface area (Å²) >= 11 is 0. The summed E-state index contributed by atoms with van der Waals surface area (Å²) in [5.74, 6) is 0.399. The van der Waals surface area contributed by atoms with Crippen molar-refractivity contribution >= 4 is 11.8 Å². The monoisotopic (exact) mass is 284 g/mol. The Balaban J connectivity index is 3.96. The third-order valence-corrected chi connectivity index (χ3v) is 3.45. The van der Waals surface area contributed by atoms with E-state index in [1.54, 1.807) is 19.0 Å². The second-order valence-corrected chi connectivity index (χ2v) is 5.58. The Labute approximate surface area is 124 Å². The molecule has 4 nitrogen and oxygen atoms in total. The van der Waals surface area contributed by atoms with Gasteiger partial charge in [-0.3, -0.25) is 9.59 Å². The number of hydrogen-bond acceptors (Lipinski definition) is 2. The van der Waals surface area contributed by atoms with Crippen molar-refractivity contribution in [2.45, 2.75) is 65.2 Å². The van der Waals surface area contributed by atoms with Gasteiger partial charge in [0.05, 0.1) is 0 Å². The SMILES string of the molecule is CCCCN(CCCC)C(=O)CCCCC(=O)N(C)C. The summed E-state index contributed by atoms with van der Waals surface area (Å²) in [6.07, 6.45) is 7.13. The molecular formula is C16H32N2O2. The van der Waals surface area contributed by atoms with E-state index in [0.29, 0.717) is 12.8 Å². The normalized spacial score (nSPS) is 10.4. The number of carbonyl (C=O) groups is 2. The fourth-order valence-corrected chi connectivity index (χ4v) is 1.99. The van der Waals surface area contributed by atoms with Gasteiger partial charge in [-0.15, -0.1) is 0 Å². The van der Waals surface area contributed by atoms with Gasteiger partial charge in [0, 0.05) is 40.0 Å². The van der Waals surface area contributed by atoms with Crippen LogP contribution in [0.1, 0.15) is 65.2 Å². The van der Waals surface area contributed by atoms with E-state index in [0.717, 1.165) is 51.6 Å². The summed E-state index contributed by atoms with van der Waals surface area (Å²) in [5.41, 5.74) is 0. The van der Waals surface area contributed by atoms with Gasteiger partial charge in [-0.2, -0.15) is 0 Å². The highest BCUT2D eigenvalue weighted by Gasteiger charge is 2.12. The second kappa shape index (κ2) is 11.7. The van der Waals surface area contributed by atoms with E-state index >= 15 is 0 Å². The van der Waals surface area contributed by atoms with Crippen LogP contribution >= 0.6 is 0 Å². The van der Waals surface area contributed by atoms with Crippen LogP contribution in [-0.2, 0) is 9.59 Å². The molecule has 4 heteroatoms. The Morgan fingerprint density at radius 2 is 1.20 bits per heavy atom. The topological polar surface area (TPSA) is 40.6 Å². The van der Waals surface area contributed by atoms with Crippen LogP contribution in [0.5, 0.6) is 0 Å². The Morgan fingerprint density at radius 1 is 0.750 bits per heavy atom. The summed E-state index contributed by atoms with van der Waals surface area (Å²) < 4.78 is 0. The summed E-state index contributed by atoms with van der Waals surface area (Å²) in [6.45, 7) is 6.06.